The van der Waals surface area contributed by atoms with Crippen LogP contribution < -0.4 is 16.7 Å². The van der Waals surface area contributed by atoms with Crippen LogP contribution in [-0.2, 0) is 10.0 Å². The summed E-state index contributed by atoms with van der Waals surface area (Å²) in [6, 6.07) is 1.50. The number of halogens is 1. The lowest BCUT2D eigenvalue weighted by molar-refractivity contribution is -0.120. The maximum absolute atomic E-state index is 12.1. The van der Waals surface area contributed by atoms with Crippen molar-refractivity contribution >= 4 is 102 Å². The van der Waals surface area contributed by atoms with Crippen molar-refractivity contribution in [3.63, 3.8) is 0 Å². The van der Waals surface area contributed by atoms with E-state index in [0.717, 1.165) is 0 Å². The number of H-pyrrole nitrogens is 1. The Labute approximate surface area is 161 Å². The summed E-state index contributed by atoms with van der Waals surface area (Å²) in [7, 11) is 48.7. The fourth-order valence-electron chi connectivity index (χ4n) is 3.48. The molecule has 0 bridgehead atoms. The summed E-state index contributed by atoms with van der Waals surface area (Å²) in [5.74, 6) is -2.18. The predicted octanol–water partition coefficient (Wildman–Crippen LogP) is -2.61. The molecular formula is C13H5B8ClN2O. The number of benzene rings is 1. The first-order valence-electron chi connectivity index (χ1n) is 7.18. The van der Waals surface area contributed by atoms with Gasteiger partial charge in [-0.2, -0.15) is 0 Å². The second-order valence-corrected chi connectivity index (χ2v) is 6.91. The Hall–Kier alpha value is -0.961. The van der Waals surface area contributed by atoms with Gasteiger partial charge in [-0.05, 0) is 17.0 Å². The number of carbonyl (C=O) groups is 1. The second kappa shape index (κ2) is 5.28. The summed E-state index contributed by atoms with van der Waals surface area (Å²) in [4.78, 5) is 15.0. The van der Waals surface area contributed by atoms with Crippen LogP contribution in [0.5, 0.6) is 0 Å². The number of carbonyl (C=O) groups excluding carboxylic acids is 1. The van der Waals surface area contributed by atoms with Crippen molar-refractivity contribution in [2.75, 3.05) is 0 Å². The van der Waals surface area contributed by atoms with E-state index in [9.17, 15) is 4.79 Å². The van der Waals surface area contributed by atoms with Gasteiger partial charge in [0.2, 0.25) is 5.91 Å². The number of aromatic amines is 1. The van der Waals surface area contributed by atoms with Crippen LogP contribution >= 0.6 is 11.6 Å². The van der Waals surface area contributed by atoms with Crippen molar-refractivity contribution in [2.45, 2.75) is 21.6 Å². The molecule has 1 unspecified atom stereocenters. The molecule has 12 heteroatoms. The lowest BCUT2D eigenvalue weighted by Gasteiger charge is -2.62. The van der Waals surface area contributed by atoms with E-state index >= 15 is 0 Å². The van der Waals surface area contributed by atoms with E-state index in [0.29, 0.717) is 10.9 Å². The van der Waals surface area contributed by atoms with Gasteiger partial charge in [0.25, 0.3) is 0 Å². The average Bonchev–Trinajstić information content (AvgIpc) is 2.82. The zero-order valence-corrected chi connectivity index (χ0v) is 13.9. The zero-order valence-electron chi connectivity index (χ0n) is 13.1. The second-order valence-electron chi connectivity index (χ2n) is 6.54. The highest BCUT2D eigenvalue weighted by molar-refractivity contribution is 6.63. The molecule has 0 saturated heterocycles. The molecule has 16 radical (unpaired) electrons. The molecule has 1 atom stereocenters. The van der Waals surface area contributed by atoms with Crippen LogP contribution in [0.2, 0.25) is 15.5 Å². The number of hydrogen-bond acceptors (Lipinski definition) is 1. The minimum atomic E-state index is -2.12. The smallest absolute Gasteiger partial charge is 0.225 e. The molecule has 1 amide bonds. The third kappa shape index (κ3) is 2.14. The van der Waals surface area contributed by atoms with Gasteiger partial charge in [0.05, 0.1) is 53.0 Å². The molecule has 1 heterocycles. The van der Waals surface area contributed by atoms with Gasteiger partial charge in [-0.15, -0.1) is 5.21 Å². The number of nitrogens with one attached hydrogen (secondary N) is 1. The van der Waals surface area contributed by atoms with Crippen molar-refractivity contribution < 1.29 is 4.79 Å². The fourth-order valence-corrected chi connectivity index (χ4v) is 3.63. The van der Waals surface area contributed by atoms with Gasteiger partial charge >= 0.3 is 0 Å². The first kappa shape index (κ1) is 18.8. The van der Waals surface area contributed by atoms with Gasteiger partial charge in [-0.25, -0.2) is 0 Å². The highest BCUT2D eigenvalue weighted by atomic mass is 35.5. The molecule has 0 saturated carbocycles. The summed E-state index contributed by atoms with van der Waals surface area (Å²) in [5, 5.41) is -5.73. The third-order valence-electron chi connectivity index (χ3n) is 4.98. The number of nitrogens with two attached hydrogens (primary N) is 1. The molecule has 1 aliphatic rings. The minimum absolute atomic E-state index is 0.0926. The minimum Gasteiger partial charge on any atom is -0.369 e. The van der Waals surface area contributed by atoms with Gasteiger partial charge in [-0.1, -0.05) is 33.0 Å². The van der Waals surface area contributed by atoms with Crippen LogP contribution in [0.4, 0.5) is 0 Å². The quantitative estimate of drug-likeness (QED) is 0.554. The first-order chi connectivity index (χ1) is 11.3. The summed E-state index contributed by atoms with van der Waals surface area (Å²) in [6.07, 6.45) is 0. The predicted molar refractivity (Wildman–Crippen MR) is 108 cm³/mol. The van der Waals surface area contributed by atoms with Gasteiger partial charge in [0, 0.05) is 16.2 Å². The SMILES string of the molecule is [B]c1cc2[nH]c3c(c2c([B])c1Cl)C([B])([B])C([B])([B])C([B])([B])C3C(N)=O. The normalized spacial score (nSPS) is 23.2. The topological polar surface area (TPSA) is 58.9 Å². The maximum Gasteiger partial charge on any atom is 0.225 e. The molecule has 25 heavy (non-hydrogen) atoms. The number of amides is 1. The molecule has 3 nitrogen and oxygen atoms in total. The monoisotopic (exact) mass is 328 g/mol. The summed E-state index contributed by atoms with van der Waals surface area (Å²) in [5.41, 5.74) is 6.52. The Morgan fingerprint density at radius 2 is 1.72 bits per heavy atom. The Morgan fingerprint density at radius 3 is 2.24 bits per heavy atom. The van der Waals surface area contributed by atoms with Crippen LogP contribution in [0.1, 0.15) is 17.2 Å². The van der Waals surface area contributed by atoms with Crippen molar-refractivity contribution in [2.24, 2.45) is 5.73 Å². The summed E-state index contributed by atoms with van der Waals surface area (Å²) in [6.45, 7) is 0. The third-order valence-corrected chi connectivity index (χ3v) is 5.40. The van der Waals surface area contributed by atoms with Gasteiger partial charge < -0.3 is 10.7 Å². The highest BCUT2D eigenvalue weighted by Crippen LogP contribution is 2.65. The van der Waals surface area contributed by atoms with Crippen LogP contribution in [0.25, 0.3) is 10.9 Å². The molecule has 1 aromatic carbocycles. The summed E-state index contributed by atoms with van der Waals surface area (Å²) < 4.78 is 0. The van der Waals surface area contributed by atoms with Crippen LogP contribution in [0.3, 0.4) is 0 Å². The van der Waals surface area contributed by atoms with Crippen molar-refractivity contribution in [1.29, 1.82) is 0 Å². The lowest BCUT2D eigenvalue weighted by Crippen LogP contribution is -2.58. The molecule has 1 aromatic heterocycles. The molecule has 3 N–H and O–H groups in total. The molecule has 3 rings (SSSR count). The standard InChI is InChI=1S/C13H5B8ClN2O/c14-2-1-3-4(7(15)8(2)22)5-9(24-3)6(10(23)25)12(18,19)13(20,21)11(5,16)17/h1,6,24H,(H2,23,25). The number of fused-ring (bicyclic) bond motifs is 3. The van der Waals surface area contributed by atoms with E-state index in [1.54, 1.807) is 0 Å². The van der Waals surface area contributed by atoms with Crippen LogP contribution in [-0.4, -0.2) is 73.7 Å². The zero-order chi connectivity index (χ0) is 19.1. The van der Waals surface area contributed by atoms with E-state index < -0.39 is 27.5 Å². The number of primary amides is 1. The number of rotatable bonds is 1. The van der Waals surface area contributed by atoms with Crippen molar-refractivity contribution in [3.8, 4) is 0 Å². The Balaban J connectivity index is 2.55. The molecular weight excluding hydrogens is 322 g/mol. The van der Waals surface area contributed by atoms with E-state index in [1.807, 2.05) is 0 Å². The van der Waals surface area contributed by atoms with Gasteiger partial charge in [0.15, 0.2) is 0 Å². The highest BCUT2D eigenvalue weighted by Gasteiger charge is 2.57. The van der Waals surface area contributed by atoms with Crippen molar-refractivity contribution in [3.05, 3.63) is 22.3 Å². The van der Waals surface area contributed by atoms with Gasteiger partial charge in [-0.3, -0.25) is 4.79 Å². The van der Waals surface area contributed by atoms with Gasteiger partial charge in [0.1, 0.15) is 15.7 Å². The van der Waals surface area contributed by atoms with Crippen LogP contribution in [0, 0.1) is 0 Å². The number of hydrogen-bond donors (Lipinski definition) is 2. The Kier molecular flexibility index (Phi) is 3.97. The lowest BCUT2D eigenvalue weighted by atomic mass is 9.13. The van der Waals surface area contributed by atoms with E-state index in [-0.39, 0.29) is 27.2 Å². The number of aromatic nitrogens is 1. The molecule has 1 aliphatic carbocycles. The largest absolute Gasteiger partial charge is 0.369 e. The average molecular weight is 327 g/mol. The first-order valence-corrected chi connectivity index (χ1v) is 7.56. The molecule has 104 valence electrons. The molecule has 0 aliphatic heterocycles. The van der Waals surface area contributed by atoms with Crippen LogP contribution in [0.15, 0.2) is 6.07 Å². The molecule has 0 spiro atoms. The van der Waals surface area contributed by atoms with E-state index in [4.69, 9.17) is 80.1 Å². The summed E-state index contributed by atoms with van der Waals surface area (Å²) >= 11 is 6.13. The maximum atomic E-state index is 12.1. The molecule has 0 fully saturated rings. The van der Waals surface area contributed by atoms with E-state index in [2.05, 4.69) is 4.98 Å². The molecule has 2 aromatic rings. The fraction of sp³-hybridized carbons (Fsp3) is 0.308. The van der Waals surface area contributed by atoms with Crippen molar-refractivity contribution in [1.82, 2.24) is 4.98 Å². The Bertz CT molecular complexity index is 923. The Morgan fingerprint density at radius 1 is 1.16 bits per heavy atom. The van der Waals surface area contributed by atoms with E-state index in [1.165, 1.54) is 6.07 Å².